The molecule has 0 bridgehead atoms. The maximum absolute atomic E-state index is 11.9. The van der Waals surface area contributed by atoms with Gasteiger partial charge in [0, 0.05) is 12.1 Å². The highest BCUT2D eigenvalue weighted by atomic mass is 35.5. The number of aliphatic hydroxyl groups is 1. The minimum Gasteiger partial charge on any atom is -0.492 e. The zero-order chi connectivity index (χ0) is 30.0. The van der Waals surface area contributed by atoms with Gasteiger partial charge in [-0.25, -0.2) is 4.98 Å². The zero-order valence-electron chi connectivity index (χ0n) is 23.5. The van der Waals surface area contributed by atoms with Crippen molar-refractivity contribution >= 4 is 28.7 Å². The quantitative estimate of drug-likeness (QED) is 0.155. The summed E-state index contributed by atoms with van der Waals surface area (Å²) in [6.07, 6.45) is -1.80. The average molecular weight is 622 g/mol. The van der Waals surface area contributed by atoms with Gasteiger partial charge in [-0.1, -0.05) is 11.6 Å². The van der Waals surface area contributed by atoms with Crippen molar-refractivity contribution in [2.45, 2.75) is 24.4 Å². The monoisotopic (exact) mass is 621 g/mol. The maximum Gasteiger partial charge on any atom is 0.296 e. The molecule has 4 heterocycles. The molecule has 43 heavy (non-hydrogen) atoms. The van der Waals surface area contributed by atoms with Gasteiger partial charge in [-0.3, -0.25) is 4.79 Å². The van der Waals surface area contributed by atoms with Gasteiger partial charge in [0.05, 0.1) is 69.0 Å². The second-order valence-corrected chi connectivity index (χ2v) is 10.2. The van der Waals surface area contributed by atoms with Gasteiger partial charge in [-0.15, -0.1) is 0 Å². The molecular formula is C28H36ClN5O9. The van der Waals surface area contributed by atoms with Gasteiger partial charge < -0.3 is 54.3 Å². The lowest BCUT2D eigenvalue weighted by atomic mass is 10.1. The minimum atomic E-state index is -0.657. The Bertz CT molecular complexity index is 1330. The summed E-state index contributed by atoms with van der Waals surface area (Å²) in [6, 6.07) is 9.30. The summed E-state index contributed by atoms with van der Waals surface area (Å²) in [4.78, 5) is 24.1. The van der Waals surface area contributed by atoms with E-state index in [2.05, 4.69) is 20.3 Å². The Hall–Kier alpha value is -3.08. The number of nitrogens with two attached hydrogens (primary N) is 1. The van der Waals surface area contributed by atoms with Crippen LogP contribution in [0.25, 0.3) is 22.4 Å². The van der Waals surface area contributed by atoms with Crippen LogP contribution in [-0.4, -0.2) is 123 Å². The van der Waals surface area contributed by atoms with E-state index < -0.39 is 18.3 Å². The van der Waals surface area contributed by atoms with Crippen molar-refractivity contribution in [1.82, 2.24) is 20.3 Å². The van der Waals surface area contributed by atoms with Crippen LogP contribution in [-0.2, 0) is 28.5 Å². The van der Waals surface area contributed by atoms with Crippen LogP contribution in [0.5, 0.6) is 11.8 Å². The van der Waals surface area contributed by atoms with Crippen LogP contribution in [0.3, 0.4) is 0 Å². The van der Waals surface area contributed by atoms with Crippen molar-refractivity contribution in [3.63, 3.8) is 0 Å². The fourth-order valence-electron chi connectivity index (χ4n) is 4.65. The number of nitrogens with zero attached hydrogens (tertiary/aromatic N) is 2. The topological polar surface area (TPSA) is 182 Å². The molecule has 2 aliphatic heterocycles. The third-order valence-corrected chi connectivity index (χ3v) is 7.00. The largest absolute Gasteiger partial charge is 0.492 e. The number of nitrogens with one attached hydrogen (secondary N) is 2. The Morgan fingerprint density at radius 2 is 1.77 bits per heavy atom. The molecule has 15 heteroatoms. The number of aromatic nitrogens is 3. The van der Waals surface area contributed by atoms with Crippen LogP contribution >= 0.6 is 11.6 Å². The lowest BCUT2D eigenvalue weighted by Crippen LogP contribution is -2.34. The van der Waals surface area contributed by atoms with Crippen LogP contribution in [0, 0.1) is 0 Å². The van der Waals surface area contributed by atoms with Gasteiger partial charge in [0.25, 0.3) is 6.01 Å². The molecule has 1 amide bonds. The Morgan fingerprint density at radius 3 is 2.56 bits per heavy atom. The number of carbonyl (C=O) groups is 1. The summed E-state index contributed by atoms with van der Waals surface area (Å²) in [5.74, 6) is 0.394. The average Bonchev–Trinajstić information content (AvgIpc) is 3.70. The molecule has 0 radical (unpaired) electrons. The smallest absolute Gasteiger partial charge is 0.296 e. The second kappa shape index (κ2) is 15.6. The molecule has 14 nitrogen and oxygen atoms in total. The standard InChI is InChI=1S/C28H36ClN5O9/c29-19-13-20-27(34-28(32-20)43-22-15-42-25-21(35)14-41-26(22)25)33-24(19)17-1-3-18(4-2-17)40-8-6-31-23(36)16-39-12-11-38-10-9-37-7-5-30/h1-4,13,21-22,25-26,35H,5-12,14-16,30H2,(H,31,36)(H,32,33,34)/t21-,22-,25-,26-/m1/s1. The van der Waals surface area contributed by atoms with E-state index in [4.69, 9.17) is 50.5 Å². The number of imidazole rings is 1. The van der Waals surface area contributed by atoms with Gasteiger partial charge >= 0.3 is 0 Å². The number of carbonyl (C=O) groups excluding carboxylic acids is 1. The molecule has 0 spiro atoms. The number of benzene rings is 1. The third kappa shape index (κ3) is 8.52. The van der Waals surface area contributed by atoms with Crippen molar-refractivity contribution in [3.05, 3.63) is 35.4 Å². The van der Waals surface area contributed by atoms with Crippen LogP contribution < -0.4 is 20.5 Å². The van der Waals surface area contributed by atoms with Crippen LogP contribution in [0.4, 0.5) is 0 Å². The molecule has 0 saturated carbocycles. The normalized spacial score (nSPS) is 21.3. The van der Waals surface area contributed by atoms with E-state index in [0.29, 0.717) is 80.4 Å². The third-order valence-electron chi connectivity index (χ3n) is 6.71. The Morgan fingerprint density at radius 1 is 1.02 bits per heavy atom. The van der Waals surface area contributed by atoms with Crippen LogP contribution in [0.2, 0.25) is 5.02 Å². The maximum atomic E-state index is 11.9. The van der Waals surface area contributed by atoms with E-state index in [0.717, 1.165) is 5.56 Å². The summed E-state index contributed by atoms with van der Waals surface area (Å²) in [7, 11) is 0. The number of halogens is 1. The van der Waals surface area contributed by atoms with Crippen molar-refractivity contribution in [3.8, 4) is 23.0 Å². The molecular weight excluding hydrogens is 586 g/mol. The number of rotatable bonds is 17. The number of pyridine rings is 1. The summed E-state index contributed by atoms with van der Waals surface area (Å²) in [5, 5.41) is 13.1. The molecule has 2 aliphatic rings. The Kier molecular flexibility index (Phi) is 11.4. The van der Waals surface area contributed by atoms with Crippen molar-refractivity contribution < 1.29 is 43.1 Å². The van der Waals surface area contributed by atoms with Gasteiger partial charge in [0.1, 0.15) is 37.3 Å². The molecule has 4 atom stereocenters. The molecule has 2 aromatic heterocycles. The van der Waals surface area contributed by atoms with Gasteiger partial charge in [0.15, 0.2) is 11.8 Å². The van der Waals surface area contributed by atoms with E-state index >= 15 is 0 Å². The number of fused-ring (bicyclic) bond motifs is 2. The van der Waals surface area contributed by atoms with E-state index in [1.54, 1.807) is 18.2 Å². The van der Waals surface area contributed by atoms with E-state index in [1.807, 2.05) is 12.1 Å². The highest BCUT2D eigenvalue weighted by Crippen LogP contribution is 2.32. The number of amides is 1. The van der Waals surface area contributed by atoms with Gasteiger partial charge in [0.2, 0.25) is 5.91 Å². The highest BCUT2D eigenvalue weighted by molar-refractivity contribution is 6.33. The fourth-order valence-corrected chi connectivity index (χ4v) is 4.91. The van der Waals surface area contributed by atoms with E-state index in [9.17, 15) is 9.90 Å². The summed E-state index contributed by atoms with van der Waals surface area (Å²) in [5.41, 5.74) is 7.73. The highest BCUT2D eigenvalue weighted by Gasteiger charge is 2.48. The van der Waals surface area contributed by atoms with Crippen molar-refractivity contribution in [2.24, 2.45) is 5.73 Å². The van der Waals surface area contributed by atoms with Crippen LogP contribution in [0.15, 0.2) is 30.3 Å². The predicted molar refractivity (Wildman–Crippen MR) is 154 cm³/mol. The van der Waals surface area contributed by atoms with Crippen LogP contribution in [0.1, 0.15) is 0 Å². The first-order chi connectivity index (χ1) is 21.0. The van der Waals surface area contributed by atoms with Crippen molar-refractivity contribution in [1.29, 1.82) is 0 Å². The molecule has 0 unspecified atom stereocenters. The lowest BCUT2D eigenvalue weighted by Gasteiger charge is -2.15. The SMILES string of the molecule is NCCOCCOCCOCC(=O)NCCOc1ccc(-c2nc3nc(O[C@@H]4CO[C@H]5[C@@H]4OC[C@H]5O)[nH]c3cc2Cl)cc1. The van der Waals surface area contributed by atoms with Gasteiger partial charge in [-0.05, 0) is 30.3 Å². The molecule has 5 rings (SSSR count). The second-order valence-electron chi connectivity index (χ2n) is 9.84. The number of hydrogen-bond donors (Lipinski definition) is 4. The van der Waals surface area contributed by atoms with Crippen molar-refractivity contribution in [2.75, 3.05) is 72.6 Å². The molecule has 234 valence electrons. The first-order valence-electron chi connectivity index (χ1n) is 14.1. The fraction of sp³-hybridized carbons (Fsp3) is 0.536. The first-order valence-corrected chi connectivity index (χ1v) is 14.5. The molecule has 3 aromatic rings. The lowest BCUT2D eigenvalue weighted by molar-refractivity contribution is -0.126. The molecule has 1 aromatic carbocycles. The summed E-state index contributed by atoms with van der Waals surface area (Å²) < 4.78 is 38.7. The first kappa shape index (κ1) is 31.3. The number of ether oxygens (including phenoxy) is 7. The molecule has 0 aliphatic carbocycles. The number of aromatic amines is 1. The van der Waals surface area contributed by atoms with E-state index in [-0.39, 0.29) is 37.8 Å². The summed E-state index contributed by atoms with van der Waals surface area (Å²) >= 11 is 6.55. The zero-order valence-corrected chi connectivity index (χ0v) is 24.3. The predicted octanol–water partition coefficient (Wildman–Crippen LogP) is 0.688. The molecule has 5 N–H and O–H groups in total. The molecule has 2 saturated heterocycles. The minimum absolute atomic E-state index is 0.0576. The molecule has 2 fully saturated rings. The van der Waals surface area contributed by atoms with E-state index in [1.165, 1.54) is 0 Å². The van der Waals surface area contributed by atoms with Gasteiger partial charge in [-0.2, -0.15) is 4.98 Å². The number of H-pyrrole nitrogens is 1. The number of aliphatic hydroxyl groups excluding tert-OH is 1. The number of hydrogen-bond acceptors (Lipinski definition) is 12. The Labute approximate surface area is 253 Å². The summed E-state index contributed by atoms with van der Waals surface area (Å²) in [6.45, 7) is 3.68. The Balaban J connectivity index is 1.03.